The predicted octanol–water partition coefficient (Wildman–Crippen LogP) is 2.99. The van der Waals surface area contributed by atoms with Gasteiger partial charge in [-0.1, -0.05) is 36.4 Å². The first-order valence-electron chi connectivity index (χ1n) is 8.88. The minimum absolute atomic E-state index is 0.0114. The van der Waals surface area contributed by atoms with Crippen LogP contribution in [-0.4, -0.2) is 40.1 Å². The highest BCUT2D eigenvalue weighted by molar-refractivity contribution is 5.95. The van der Waals surface area contributed by atoms with Crippen LogP contribution in [0.5, 0.6) is 5.75 Å². The van der Waals surface area contributed by atoms with E-state index in [0.717, 1.165) is 11.4 Å². The Morgan fingerprint density at radius 3 is 2.70 bits per heavy atom. The van der Waals surface area contributed by atoms with Crippen LogP contribution in [0.4, 0.5) is 5.82 Å². The van der Waals surface area contributed by atoms with Crippen LogP contribution in [0, 0.1) is 0 Å². The molecule has 3 aromatic rings. The SMILES string of the molecule is O=C(c1cccc(OCc2ccccc2)c1)N1CC(Nc2cccnn2)C1. The van der Waals surface area contributed by atoms with Crippen molar-refractivity contribution in [1.29, 1.82) is 0 Å². The lowest BCUT2D eigenvalue weighted by Crippen LogP contribution is -2.57. The van der Waals surface area contributed by atoms with E-state index >= 15 is 0 Å². The van der Waals surface area contributed by atoms with Gasteiger partial charge in [-0.15, -0.1) is 5.10 Å². The summed E-state index contributed by atoms with van der Waals surface area (Å²) in [4.78, 5) is 14.5. The van der Waals surface area contributed by atoms with E-state index in [1.54, 1.807) is 12.3 Å². The summed E-state index contributed by atoms with van der Waals surface area (Å²) < 4.78 is 5.82. The monoisotopic (exact) mass is 360 g/mol. The van der Waals surface area contributed by atoms with Gasteiger partial charge in [-0.25, -0.2) is 0 Å². The molecule has 1 fully saturated rings. The standard InChI is InChI=1S/C21H20N4O2/c26-21(25-13-18(14-25)23-20-10-5-11-22-24-20)17-8-4-9-19(12-17)27-15-16-6-2-1-3-7-16/h1-12,18H,13-15H2,(H,23,24). The molecule has 1 aromatic heterocycles. The minimum atomic E-state index is 0.0114. The normalized spacial score (nSPS) is 13.7. The molecule has 2 aromatic carbocycles. The number of rotatable bonds is 6. The van der Waals surface area contributed by atoms with Gasteiger partial charge >= 0.3 is 0 Å². The Hall–Kier alpha value is -3.41. The highest BCUT2D eigenvalue weighted by Gasteiger charge is 2.31. The number of likely N-dealkylation sites (tertiary alicyclic amines) is 1. The van der Waals surface area contributed by atoms with Gasteiger partial charge in [0.25, 0.3) is 5.91 Å². The van der Waals surface area contributed by atoms with E-state index in [-0.39, 0.29) is 11.9 Å². The van der Waals surface area contributed by atoms with Crippen molar-refractivity contribution in [2.24, 2.45) is 0 Å². The van der Waals surface area contributed by atoms with Crippen molar-refractivity contribution in [1.82, 2.24) is 15.1 Å². The zero-order valence-electron chi connectivity index (χ0n) is 14.8. The fourth-order valence-electron chi connectivity index (χ4n) is 2.97. The van der Waals surface area contributed by atoms with Crippen LogP contribution in [-0.2, 0) is 6.61 Å². The molecule has 6 heteroatoms. The molecule has 27 heavy (non-hydrogen) atoms. The lowest BCUT2D eigenvalue weighted by Gasteiger charge is -2.39. The highest BCUT2D eigenvalue weighted by atomic mass is 16.5. The number of anilines is 1. The van der Waals surface area contributed by atoms with E-state index in [2.05, 4.69) is 15.5 Å². The van der Waals surface area contributed by atoms with E-state index < -0.39 is 0 Å². The minimum Gasteiger partial charge on any atom is -0.489 e. The molecule has 136 valence electrons. The first-order valence-corrected chi connectivity index (χ1v) is 8.88. The van der Waals surface area contributed by atoms with Crippen molar-refractivity contribution in [3.8, 4) is 5.75 Å². The summed E-state index contributed by atoms with van der Waals surface area (Å²) in [6.45, 7) is 1.77. The number of carbonyl (C=O) groups excluding carboxylic acids is 1. The van der Waals surface area contributed by atoms with E-state index in [1.165, 1.54) is 0 Å². The number of amides is 1. The van der Waals surface area contributed by atoms with Crippen LogP contribution >= 0.6 is 0 Å². The van der Waals surface area contributed by atoms with Gasteiger partial charge in [0.2, 0.25) is 0 Å². The molecule has 1 saturated heterocycles. The lowest BCUT2D eigenvalue weighted by atomic mass is 10.1. The first-order chi connectivity index (χ1) is 13.3. The van der Waals surface area contributed by atoms with Gasteiger partial charge < -0.3 is 15.0 Å². The molecule has 0 spiro atoms. The topological polar surface area (TPSA) is 67.3 Å². The molecule has 1 aliphatic rings. The molecule has 0 unspecified atom stereocenters. The molecule has 0 atom stereocenters. The van der Waals surface area contributed by atoms with E-state index in [1.807, 2.05) is 65.6 Å². The fraction of sp³-hybridized carbons (Fsp3) is 0.190. The third-order valence-electron chi connectivity index (χ3n) is 4.42. The zero-order chi connectivity index (χ0) is 18.5. The van der Waals surface area contributed by atoms with Gasteiger partial charge in [0.05, 0.1) is 6.04 Å². The summed E-state index contributed by atoms with van der Waals surface area (Å²) in [7, 11) is 0. The van der Waals surface area contributed by atoms with E-state index in [4.69, 9.17) is 4.74 Å². The van der Waals surface area contributed by atoms with Crippen LogP contribution in [0.25, 0.3) is 0 Å². The van der Waals surface area contributed by atoms with E-state index in [0.29, 0.717) is 31.0 Å². The van der Waals surface area contributed by atoms with Crippen molar-refractivity contribution in [2.75, 3.05) is 18.4 Å². The fourth-order valence-corrected chi connectivity index (χ4v) is 2.97. The van der Waals surface area contributed by atoms with Crippen LogP contribution in [0.3, 0.4) is 0 Å². The Bertz CT molecular complexity index is 896. The average Bonchev–Trinajstić information content (AvgIpc) is 2.70. The van der Waals surface area contributed by atoms with E-state index in [9.17, 15) is 4.79 Å². The predicted molar refractivity (Wildman–Crippen MR) is 103 cm³/mol. The van der Waals surface area contributed by atoms with Crippen molar-refractivity contribution in [2.45, 2.75) is 12.6 Å². The van der Waals surface area contributed by atoms with Crippen LogP contribution in [0.2, 0.25) is 0 Å². The molecule has 0 aliphatic carbocycles. The second-order valence-electron chi connectivity index (χ2n) is 6.46. The first kappa shape index (κ1) is 17.0. The molecule has 0 saturated carbocycles. The molecular formula is C21H20N4O2. The molecule has 4 rings (SSSR count). The van der Waals surface area contributed by atoms with Gasteiger partial charge in [0.15, 0.2) is 0 Å². The van der Waals surface area contributed by atoms with Gasteiger partial charge in [-0.05, 0) is 35.9 Å². The Balaban J connectivity index is 1.32. The number of ether oxygens (including phenoxy) is 1. The number of aromatic nitrogens is 2. The number of nitrogens with zero attached hydrogens (tertiary/aromatic N) is 3. The largest absolute Gasteiger partial charge is 0.489 e. The Morgan fingerprint density at radius 1 is 1.07 bits per heavy atom. The third-order valence-corrected chi connectivity index (χ3v) is 4.42. The second-order valence-corrected chi connectivity index (χ2v) is 6.46. The zero-order valence-corrected chi connectivity index (χ0v) is 14.8. The van der Waals surface area contributed by atoms with Gasteiger partial charge in [0.1, 0.15) is 18.2 Å². The summed E-state index contributed by atoms with van der Waals surface area (Å²) in [5.41, 5.74) is 1.73. The summed E-state index contributed by atoms with van der Waals surface area (Å²) in [6.07, 6.45) is 1.63. The smallest absolute Gasteiger partial charge is 0.254 e. The highest BCUT2D eigenvalue weighted by Crippen LogP contribution is 2.20. The van der Waals surface area contributed by atoms with Crippen LogP contribution < -0.4 is 10.1 Å². The van der Waals surface area contributed by atoms with Crippen molar-refractivity contribution >= 4 is 11.7 Å². The quantitative estimate of drug-likeness (QED) is 0.732. The summed E-state index contributed by atoms with van der Waals surface area (Å²) in [5, 5.41) is 11.1. The number of hydrogen-bond acceptors (Lipinski definition) is 5. The molecule has 1 aliphatic heterocycles. The van der Waals surface area contributed by atoms with Crippen LogP contribution in [0.15, 0.2) is 72.9 Å². The second kappa shape index (κ2) is 7.86. The Morgan fingerprint density at radius 2 is 1.93 bits per heavy atom. The van der Waals surface area contributed by atoms with Crippen molar-refractivity contribution < 1.29 is 9.53 Å². The molecule has 0 radical (unpaired) electrons. The Labute approximate surface area is 157 Å². The molecule has 2 heterocycles. The number of nitrogens with one attached hydrogen (secondary N) is 1. The van der Waals surface area contributed by atoms with Gasteiger partial charge in [-0.2, -0.15) is 5.10 Å². The maximum atomic E-state index is 12.7. The van der Waals surface area contributed by atoms with Gasteiger partial charge in [0, 0.05) is 24.8 Å². The summed E-state index contributed by atoms with van der Waals surface area (Å²) in [6, 6.07) is 21.2. The maximum absolute atomic E-state index is 12.7. The molecular weight excluding hydrogens is 340 g/mol. The molecule has 6 nitrogen and oxygen atoms in total. The third kappa shape index (κ3) is 4.23. The number of carbonyl (C=O) groups is 1. The molecule has 0 bridgehead atoms. The molecule has 1 amide bonds. The average molecular weight is 360 g/mol. The lowest BCUT2D eigenvalue weighted by molar-refractivity contribution is 0.0624. The Kier molecular flexibility index (Phi) is 4.96. The maximum Gasteiger partial charge on any atom is 0.254 e. The summed E-state index contributed by atoms with van der Waals surface area (Å²) in [5.74, 6) is 1.43. The molecule has 1 N–H and O–H groups in total. The summed E-state index contributed by atoms with van der Waals surface area (Å²) >= 11 is 0. The van der Waals surface area contributed by atoms with Crippen LogP contribution in [0.1, 0.15) is 15.9 Å². The van der Waals surface area contributed by atoms with Gasteiger partial charge in [-0.3, -0.25) is 4.79 Å². The number of hydrogen-bond donors (Lipinski definition) is 1. The van der Waals surface area contributed by atoms with Crippen molar-refractivity contribution in [3.63, 3.8) is 0 Å². The van der Waals surface area contributed by atoms with Crippen molar-refractivity contribution in [3.05, 3.63) is 84.1 Å². The number of benzene rings is 2.